The summed E-state index contributed by atoms with van der Waals surface area (Å²) in [5.41, 5.74) is 1.59. The molecular formula is C13H18N6O. The van der Waals surface area contributed by atoms with Gasteiger partial charge in [-0.25, -0.2) is 4.68 Å². The quantitative estimate of drug-likeness (QED) is 0.812. The Morgan fingerprint density at radius 1 is 1.45 bits per heavy atom. The Balaban J connectivity index is 1.77. The first-order valence-electron chi connectivity index (χ1n) is 6.80. The molecule has 2 aromatic heterocycles. The van der Waals surface area contributed by atoms with Crippen molar-refractivity contribution in [3.63, 3.8) is 0 Å². The molecule has 1 aliphatic heterocycles. The van der Waals surface area contributed by atoms with Crippen LogP contribution in [-0.2, 0) is 7.05 Å². The van der Waals surface area contributed by atoms with Gasteiger partial charge >= 0.3 is 0 Å². The number of carbonyl (C=O) groups excluding carboxylic acids is 1. The molecule has 1 atom stereocenters. The number of nitrogens with zero attached hydrogens (tertiary/aromatic N) is 6. The van der Waals surface area contributed by atoms with Crippen molar-refractivity contribution in [2.45, 2.75) is 25.8 Å². The van der Waals surface area contributed by atoms with E-state index in [-0.39, 0.29) is 11.9 Å². The number of aromatic nitrogens is 5. The zero-order valence-electron chi connectivity index (χ0n) is 11.7. The first-order valence-corrected chi connectivity index (χ1v) is 6.80. The van der Waals surface area contributed by atoms with Crippen LogP contribution >= 0.6 is 0 Å². The summed E-state index contributed by atoms with van der Waals surface area (Å²) < 4.78 is 3.57. The fourth-order valence-electron chi connectivity index (χ4n) is 2.65. The summed E-state index contributed by atoms with van der Waals surface area (Å²) in [6.45, 7) is 3.38. The molecule has 7 heteroatoms. The second kappa shape index (κ2) is 5.07. The smallest absolute Gasteiger partial charge is 0.257 e. The van der Waals surface area contributed by atoms with Crippen LogP contribution in [0.1, 0.15) is 34.9 Å². The third-order valence-electron chi connectivity index (χ3n) is 3.96. The predicted octanol–water partition coefficient (Wildman–Crippen LogP) is 0.797. The van der Waals surface area contributed by atoms with Gasteiger partial charge in [-0.15, -0.1) is 5.10 Å². The minimum atomic E-state index is 0.0559. The van der Waals surface area contributed by atoms with Crippen LogP contribution in [0.15, 0.2) is 18.6 Å². The van der Waals surface area contributed by atoms with Crippen molar-refractivity contribution in [3.05, 3.63) is 29.8 Å². The summed E-state index contributed by atoms with van der Waals surface area (Å²) >= 11 is 0. The lowest BCUT2D eigenvalue weighted by Crippen LogP contribution is -2.41. The highest BCUT2D eigenvalue weighted by atomic mass is 16.2. The fourth-order valence-corrected chi connectivity index (χ4v) is 2.65. The molecule has 1 aliphatic rings. The molecule has 3 heterocycles. The molecule has 0 radical (unpaired) electrons. The zero-order valence-corrected chi connectivity index (χ0v) is 11.7. The Kier molecular flexibility index (Phi) is 3.25. The summed E-state index contributed by atoms with van der Waals surface area (Å²) in [5, 5.41) is 12.0. The van der Waals surface area contributed by atoms with Crippen LogP contribution in [0.4, 0.5) is 0 Å². The highest BCUT2D eigenvalue weighted by Crippen LogP contribution is 2.22. The average Bonchev–Trinajstić information content (AvgIpc) is 3.10. The van der Waals surface area contributed by atoms with Gasteiger partial charge in [-0.2, -0.15) is 5.10 Å². The number of carbonyl (C=O) groups is 1. The van der Waals surface area contributed by atoms with E-state index in [4.69, 9.17) is 0 Å². The Bertz CT molecular complexity index is 602. The molecule has 7 nitrogen and oxygen atoms in total. The highest BCUT2D eigenvalue weighted by Gasteiger charge is 2.27. The topological polar surface area (TPSA) is 68.8 Å². The maximum Gasteiger partial charge on any atom is 0.257 e. The van der Waals surface area contributed by atoms with E-state index in [9.17, 15) is 4.79 Å². The Hall–Kier alpha value is -2.18. The molecule has 0 N–H and O–H groups in total. The van der Waals surface area contributed by atoms with Crippen molar-refractivity contribution in [1.29, 1.82) is 0 Å². The van der Waals surface area contributed by atoms with E-state index < -0.39 is 0 Å². The summed E-state index contributed by atoms with van der Waals surface area (Å²) in [6.07, 6.45) is 7.19. The van der Waals surface area contributed by atoms with Gasteiger partial charge < -0.3 is 4.90 Å². The van der Waals surface area contributed by atoms with Gasteiger partial charge in [0.2, 0.25) is 0 Å². The van der Waals surface area contributed by atoms with Gasteiger partial charge in [0.15, 0.2) is 0 Å². The van der Waals surface area contributed by atoms with Crippen LogP contribution < -0.4 is 0 Å². The maximum atomic E-state index is 12.6. The molecule has 0 spiro atoms. The highest BCUT2D eigenvalue weighted by molar-refractivity contribution is 5.95. The first kappa shape index (κ1) is 12.8. The summed E-state index contributed by atoms with van der Waals surface area (Å²) in [4.78, 5) is 14.5. The Morgan fingerprint density at radius 3 is 2.95 bits per heavy atom. The molecule has 0 aromatic carbocycles. The number of rotatable bonds is 2. The molecule has 1 unspecified atom stereocenters. The number of hydrogen-bond donors (Lipinski definition) is 0. The molecule has 0 saturated carbocycles. The summed E-state index contributed by atoms with van der Waals surface area (Å²) in [5.74, 6) is 0.0559. The minimum absolute atomic E-state index is 0.0559. The van der Waals surface area contributed by atoms with E-state index in [0.717, 1.165) is 25.1 Å². The van der Waals surface area contributed by atoms with Gasteiger partial charge in [0.05, 0.1) is 24.0 Å². The van der Waals surface area contributed by atoms with E-state index in [1.807, 2.05) is 29.7 Å². The van der Waals surface area contributed by atoms with Gasteiger partial charge in [0, 0.05) is 32.0 Å². The van der Waals surface area contributed by atoms with Crippen LogP contribution in [-0.4, -0.2) is 48.7 Å². The van der Waals surface area contributed by atoms with Gasteiger partial charge in [-0.05, 0) is 19.8 Å². The van der Waals surface area contributed by atoms with E-state index in [1.54, 1.807) is 17.1 Å². The molecule has 3 rings (SSSR count). The number of likely N-dealkylation sites (tertiary alicyclic amines) is 1. The van der Waals surface area contributed by atoms with Gasteiger partial charge in [-0.1, -0.05) is 5.21 Å². The molecule has 0 aliphatic carbocycles. The molecule has 2 aromatic rings. The van der Waals surface area contributed by atoms with Crippen LogP contribution in [0, 0.1) is 6.92 Å². The zero-order chi connectivity index (χ0) is 14.1. The van der Waals surface area contributed by atoms with Crippen molar-refractivity contribution in [2.24, 2.45) is 7.05 Å². The lowest BCUT2D eigenvalue weighted by Gasteiger charge is -2.32. The first-order chi connectivity index (χ1) is 9.66. The third-order valence-corrected chi connectivity index (χ3v) is 3.96. The van der Waals surface area contributed by atoms with Crippen molar-refractivity contribution in [3.8, 4) is 0 Å². The number of piperidine rings is 1. The van der Waals surface area contributed by atoms with Crippen LogP contribution in [0.3, 0.4) is 0 Å². The minimum Gasteiger partial charge on any atom is -0.336 e. The number of aryl methyl sites for hydroxylation is 1. The molecule has 106 valence electrons. The Labute approximate surface area is 117 Å². The van der Waals surface area contributed by atoms with Gasteiger partial charge in [0.25, 0.3) is 5.91 Å². The molecule has 1 saturated heterocycles. The average molecular weight is 274 g/mol. The molecule has 0 bridgehead atoms. The monoisotopic (exact) mass is 274 g/mol. The second-order valence-corrected chi connectivity index (χ2v) is 5.20. The van der Waals surface area contributed by atoms with Crippen LogP contribution in [0.5, 0.6) is 0 Å². The van der Waals surface area contributed by atoms with Crippen molar-refractivity contribution in [2.75, 3.05) is 13.1 Å². The van der Waals surface area contributed by atoms with Crippen LogP contribution in [0.25, 0.3) is 0 Å². The SMILES string of the molecule is Cc1c(C(=O)N2CCCC(n3ccnn3)C2)cnn1C. The van der Waals surface area contributed by atoms with Crippen molar-refractivity contribution in [1.82, 2.24) is 29.7 Å². The number of hydrogen-bond acceptors (Lipinski definition) is 4. The fraction of sp³-hybridized carbons (Fsp3) is 0.538. The molecular weight excluding hydrogens is 256 g/mol. The van der Waals surface area contributed by atoms with E-state index in [2.05, 4.69) is 15.4 Å². The van der Waals surface area contributed by atoms with E-state index in [0.29, 0.717) is 12.1 Å². The van der Waals surface area contributed by atoms with Crippen molar-refractivity contribution < 1.29 is 4.79 Å². The van der Waals surface area contributed by atoms with E-state index >= 15 is 0 Å². The third kappa shape index (κ3) is 2.19. The largest absolute Gasteiger partial charge is 0.336 e. The lowest BCUT2D eigenvalue weighted by atomic mass is 10.0. The summed E-state index contributed by atoms with van der Waals surface area (Å²) in [6, 6.07) is 0.215. The van der Waals surface area contributed by atoms with Gasteiger partial charge in [-0.3, -0.25) is 9.48 Å². The summed E-state index contributed by atoms with van der Waals surface area (Å²) in [7, 11) is 1.85. The molecule has 1 amide bonds. The molecule has 20 heavy (non-hydrogen) atoms. The standard InChI is InChI=1S/C13H18N6O/c1-10-12(8-15-17(10)2)13(20)18-6-3-4-11(9-18)19-7-5-14-16-19/h5,7-8,11H,3-4,6,9H2,1-2H3. The predicted molar refractivity (Wildman–Crippen MR) is 72.1 cm³/mol. The number of amides is 1. The normalized spacial score (nSPS) is 19.3. The van der Waals surface area contributed by atoms with Gasteiger partial charge in [0.1, 0.15) is 0 Å². The Morgan fingerprint density at radius 2 is 2.30 bits per heavy atom. The lowest BCUT2D eigenvalue weighted by molar-refractivity contribution is 0.0671. The second-order valence-electron chi connectivity index (χ2n) is 5.20. The van der Waals surface area contributed by atoms with Crippen molar-refractivity contribution >= 4 is 5.91 Å². The molecule has 1 fully saturated rings. The maximum absolute atomic E-state index is 12.6. The van der Waals surface area contributed by atoms with Crippen LogP contribution in [0.2, 0.25) is 0 Å². The van der Waals surface area contributed by atoms with E-state index in [1.165, 1.54) is 0 Å².